The second kappa shape index (κ2) is 7.85. The van der Waals surface area contributed by atoms with E-state index in [1.807, 2.05) is 49.7 Å². The van der Waals surface area contributed by atoms with Crippen molar-refractivity contribution in [1.82, 2.24) is 25.5 Å². The predicted molar refractivity (Wildman–Crippen MR) is 102 cm³/mol. The molecule has 1 heterocycles. The Labute approximate surface area is 158 Å². The molecule has 8 heteroatoms. The number of tetrazole rings is 1. The molecule has 1 fully saturated rings. The van der Waals surface area contributed by atoms with Crippen LogP contribution in [-0.4, -0.2) is 38.6 Å². The average Bonchev–Trinajstić information content (AvgIpc) is 3.34. The molecular formula is C19H26N6O2. The third kappa shape index (κ3) is 5.12. The van der Waals surface area contributed by atoms with Crippen LogP contribution in [0, 0.1) is 5.41 Å². The van der Waals surface area contributed by atoms with Gasteiger partial charge in [-0.25, -0.2) is 4.68 Å². The molecule has 1 aliphatic carbocycles. The lowest BCUT2D eigenvalue weighted by atomic mass is 9.96. The van der Waals surface area contributed by atoms with Crippen molar-refractivity contribution >= 4 is 17.5 Å². The third-order valence-corrected chi connectivity index (χ3v) is 4.34. The number of nitrogens with one attached hydrogen (secondary N) is 2. The zero-order chi connectivity index (χ0) is 19.4. The number of carbonyl (C=O) groups is 2. The third-order valence-electron chi connectivity index (χ3n) is 4.34. The van der Waals surface area contributed by atoms with Crippen molar-refractivity contribution in [3.63, 3.8) is 0 Å². The number of hydrogen-bond donors (Lipinski definition) is 2. The molecule has 0 aliphatic heterocycles. The molecule has 1 aliphatic rings. The van der Waals surface area contributed by atoms with Gasteiger partial charge in [-0.15, -0.1) is 5.10 Å². The Balaban J connectivity index is 1.51. The van der Waals surface area contributed by atoms with E-state index in [0.29, 0.717) is 31.1 Å². The van der Waals surface area contributed by atoms with Crippen LogP contribution in [0.2, 0.25) is 0 Å². The summed E-state index contributed by atoms with van der Waals surface area (Å²) >= 11 is 0. The summed E-state index contributed by atoms with van der Waals surface area (Å²) < 4.78 is 1.85. The Kier molecular flexibility index (Phi) is 5.53. The lowest BCUT2D eigenvalue weighted by Gasteiger charge is -2.17. The van der Waals surface area contributed by atoms with E-state index < -0.39 is 5.41 Å². The molecule has 2 amide bonds. The van der Waals surface area contributed by atoms with Crippen LogP contribution in [0.3, 0.4) is 0 Å². The topological polar surface area (TPSA) is 102 Å². The second-order valence-corrected chi connectivity index (χ2v) is 7.92. The first-order chi connectivity index (χ1) is 12.8. The summed E-state index contributed by atoms with van der Waals surface area (Å²) in [7, 11) is 0. The first-order valence-electron chi connectivity index (χ1n) is 9.31. The van der Waals surface area contributed by atoms with Gasteiger partial charge in [0.05, 0.1) is 6.04 Å². The van der Waals surface area contributed by atoms with Crippen molar-refractivity contribution in [2.75, 3.05) is 11.9 Å². The highest BCUT2D eigenvalue weighted by molar-refractivity contribution is 5.91. The van der Waals surface area contributed by atoms with Crippen LogP contribution in [0.1, 0.15) is 52.5 Å². The summed E-state index contributed by atoms with van der Waals surface area (Å²) in [4.78, 5) is 24.0. The Hall–Kier alpha value is -2.77. The molecule has 0 unspecified atom stereocenters. The molecule has 0 spiro atoms. The fourth-order valence-electron chi connectivity index (χ4n) is 2.62. The van der Waals surface area contributed by atoms with E-state index in [2.05, 4.69) is 26.2 Å². The van der Waals surface area contributed by atoms with Crippen LogP contribution >= 0.6 is 0 Å². The first kappa shape index (κ1) is 19.0. The molecule has 1 aromatic carbocycles. The van der Waals surface area contributed by atoms with Gasteiger partial charge in [0, 0.05) is 29.6 Å². The average molecular weight is 370 g/mol. The summed E-state index contributed by atoms with van der Waals surface area (Å²) in [6.07, 6.45) is 3.13. The van der Waals surface area contributed by atoms with Gasteiger partial charge in [-0.2, -0.15) is 0 Å². The van der Waals surface area contributed by atoms with E-state index >= 15 is 0 Å². The molecule has 0 saturated heterocycles. The summed E-state index contributed by atoms with van der Waals surface area (Å²) in [5.41, 5.74) is 1.17. The minimum Gasteiger partial charge on any atom is -0.356 e. The van der Waals surface area contributed by atoms with Gasteiger partial charge in [-0.05, 0) is 41.8 Å². The summed E-state index contributed by atoms with van der Waals surface area (Å²) in [5, 5.41) is 17.7. The lowest BCUT2D eigenvalue weighted by Crippen LogP contribution is -2.35. The van der Waals surface area contributed by atoms with Crippen LogP contribution in [0.25, 0.3) is 11.4 Å². The summed E-state index contributed by atoms with van der Waals surface area (Å²) in [5.74, 6) is 0.626. The zero-order valence-electron chi connectivity index (χ0n) is 16.0. The molecule has 0 radical (unpaired) electrons. The van der Waals surface area contributed by atoms with Gasteiger partial charge in [-0.1, -0.05) is 32.9 Å². The quantitative estimate of drug-likeness (QED) is 0.729. The SMILES string of the molecule is CC(C)(C)C(=O)NCCCC(=O)Nc1cccc(-c2nnnn2C2CC2)c1. The van der Waals surface area contributed by atoms with Crippen molar-refractivity contribution in [1.29, 1.82) is 0 Å². The molecule has 27 heavy (non-hydrogen) atoms. The van der Waals surface area contributed by atoms with Gasteiger partial charge >= 0.3 is 0 Å². The highest BCUT2D eigenvalue weighted by Gasteiger charge is 2.28. The van der Waals surface area contributed by atoms with E-state index in [-0.39, 0.29) is 11.8 Å². The molecule has 0 atom stereocenters. The number of amides is 2. The molecular weight excluding hydrogens is 344 g/mol. The van der Waals surface area contributed by atoms with E-state index in [9.17, 15) is 9.59 Å². The number of carbonyl (C=O) groups excluding carboxylic acids is 2. The molecule has 0 bridgehead atoms. The number of hydrogen-bond acceptors (Lipinski definition) is 5. The van der Waals surface area contributed by atoms with Gasteiger partial charge in [-0.3, -0.25) is 9.59 Å². The van der Waals surface area contributed by atoms with Crippen molar-refractivity contribution in [3.05, 3.63) is 24.3 Å². The van der Waals surface area contributed by atoms with Gasteiger partial charge in [0.1, 0.15) is 0 Å². The summed E-state index contributed by atoms with van der Waals surface area (Å²) in [6.45, 7) is 6.07. The van der Waals surface area contributed by atoms with Gasteiger partial charge in [0.2, 0.25) is 11.8 Å². The second-order valence-electron chi connectivity index (χ2n) is 7.92. The van der Waals surface area contributed by atoms with Crippen LogP contribution in [0.5, 0.6) is 0 Å². The number of rotatable bonds is 7. The van der Waals surface area contributed by atoms with Crippen molar-refractivity contribution in [2.45, 2.75) is 52.5 Å². The van der Waals surface area contributed by atoms with Crippen LogP contribution in [-0.2, 0) is 9.59 Å². The normalized spacial score (nSPS) is 14.0. The monoisotopic (exact) mass is 370 g/mol. The highest BCUT2D eigenvalue weighted by atomic mass is 16.2. The van der Waals surface area contributed by atoms with Crippen molar-refractivity contribution in [2.24, 2.45) is 5.41 Å². The van der Waals surface area contributed by atoms with E-state index in [4.69, 9.17) is 0 Å². The minimum atomic E-state index is -0.418. The fourth-order valence-corrected chi connectivity index (χ4v) is 2.62. The molecule has 2 N–H and O–H groups in total. The summed E-state index contributed by atoms with van der Waals surface area (Å²) in [6, 6.07) is 7.91. The van der Waals surface area contributed by atoms with Crippen LogP contribution in [0.4, 0.5) is 5.69 Å². The first-order valence-corrected chi connectivity index (χ1v) is 9.31. The number of nitrogens with zero attached hydrogens (tertiary/aromatic N) is 4. The Morgan fingerprint density at radius 2 is 2.04 bits per heavy atom. The van der Waals surface area contributed by atoms with Crippen LogP contribution < -0.4 is 10.6 Å². The Bertz CT molecular complexity index is 820. The highest BCUT2D eigenvalue weighted by Crippen LogP contribution is 2.36. The van der Waals surface area contributed by atoms with E-state index in [1.165, 1.54) is 0 Å². The number of benzene rings is 1. The molecule has 1 aromatic heterocycles. The molecule has 8 nitrogen and oxygen atoms in total. The van der Waals surface area contributed by atoms with Crippen LogP contribution in [0.15, 0.2) is 24.3 Å². The van der Waals surface area contributed by atoms with Crippen molar-refractivity contribution < 1.29 is 9.59 Å². The molecule has 1 saturated carbocycles. The van der Waals surface area contributed by atoms with Crippen molar-refractivity contribution in [3.8, 4) is 11.4 Å². The standard InChI is InChI=1S/C19H26N6O2/c1-19(2,3)18(27)20-11-5-8-16(26)21-14-7-4-6-13(12-14)17-22-23-24-25(17)15-9-10-15/h4,6-7,12,15H,5,8-11H2,1-3H3,(H,20,27)(H,21,26). The largest absolute Gasteiger partial charge is 0.356 e. The minimum absolute atomic E-state index is 0.0102. The zero-order valence-corrected chi connectivity index (χ0v) is 16.0. The maximum Gasteiger partial charge on any atom is 0.225 e. The fraction of sp³-hybridized carbons (Fsp3) is 0.526. The van der Waals surface area contributed by atoms with Gasteiger partial charge in [0.15, 0.2) is 5.82 Å². The number of aromatic nitrogens is 4. The molecule has 144 valence electrons. The van der Waals surface area contributed by atoms with Gasteiger partial charge in [0.25, 0.3) is 0 Å². The lowest BCUT2D eigenvalue weighted by molar-refractivity contribution is -0.128. The Morgan fingerprint density at radius 1 is 1.26 bits per heavy atom. The molecule has 3 rings (SSSR count). The maximum absolute atomic E-state index is 12.2. The smallest absolute Gasteiger partial charge is 0.225 e. The molecule has 2 aromatic rings. The van der Waals surface area contributed by atoms with E-state index in [0.717, 1.165) is 24.2 Å². The van der Waals surface area contributed by atoms with Gasteiger partial charge < -0.3 is 10.6 Å². The number of anilines is 1. The maximum atomic E-state index is 12.2. The van der Waals surface area contributed by atoms with E-state index in [1.54, 1.807) is 0 Å². The predicted octanol–water partition coefficient (Wildman–Crippen LogP) is 2.56. The Morgan fingerprint density at radius 3 is 2.74 bits per heavy atom.